The summed E-state index contributed by atoms with van der Waals surface area (Å²) in [5.74, 6) is -0.565. The van der Waals surface area contributed by atoms with Gasteiger partial charge in [-0.05, 0) is 48.4 Å². The van der Waals surface area contributed by atoms with E-state index in [4.69, 9.17) is 16.3 Å². The second-order valence-corrected chi connectivity index (χ2v) is 8.95. The van der Waals surface area contributed by atoms with E-state index >= 15 is 0 Å². The molecule has 0 aliphatic carbocycles. The second-order valence-electron chi connectivity index (χ2n) is 8.51. The standard InChI is InChI=1S/C25H27ClFN3O3/c1-16-25(33-16)23-15-29(14-18-3-8-21(27)9-4-18)11-12-30(23)24(32)10-6-19-5-7-20(26)13-22(19)28-17(2)31/h3-10,13,16,23,25H,11-12,14-15H2,1-2H3,(H,28,31)/b10-6+/t16?,23-,25?/m0/s1. The summed E-state index contributed by atoms with van der Waals surface area (Å²) in [6.45, 7) is 6.10. The average molecular weight is 472 g/mol. The van der Waals surface area contributed by atoms with Gasteiger partial charge in [0.15, 0.2) is 0 Å². The van der Waals surface area contributed by atoms with Crippen molar-refractivity contribution >= 4 is 35.2 Å². The van der Waals surface area contributed by atoms with Gasteiger partial charge in [0.2, 0.25) is 11.8 Å². The van der Waals surface area contributed by atoms with Crippen LogP contribution in [0.4, 0.5) is 10.1 Å². The fourth-order valence-corrected chi connectivity index (χ4v) is 4.42. The molecule has 0 saturated carbocycles. The van der Waals surface area contributed by atoms with E-state index in [-0.39, 0.29) is 35.9 Å². The van der Waals surface area contributed by atoms with Gasteiger partial charge in [-0.15, -0.1) is 0 Å². The number of piperazine rings is 1. The van der Waals surface area contributed by atoms with Gasteiger partial charge in [0.25, 0.3) is 0 Å². The smallest absolute Gasteiger partial charge is 0.247 e. The van der Waals surface area contributed by atoms with Crippen molar-refractivity contribution in [2.45, 2.75) is 38.6 Å². The molecule has 0 spiro atoms. The Kier molecular flexibility index (Phi) is 7.12. The number of nitrogens with one attached hydrogen (secondary N) is 1. The van der Waals surface area contributed by atoms with E-state index in [2.05, 4.69) is 10.2 Å². The molecule has 1 N–H and O–H groups in total. The number of carbonyl (C=O) groups excluding carboxylic acids is 2. The zero-order chi connectivity index (χ0) is 23.5. The van der Waals surface area contributed by atoms with Gasteiger partial charge < -0.3 is 15.0 Å². The van der Waals surface area contributed by atoms with Crippen LogP contribution in [0.3, 0.4) is 0 Å². The summed E-state index contributed by atoms with van der Waals surface area (Å²) in [4.78, 5) is 28.8. The Morgan fingerprint density at radius 3 is 2.61 bits per heavy atom. The molecule has 2 saturated heterocycles. The number of anilines is 1. The van der Waals surface area contributed by atoms with Crippen LogP contribution in [0.5, 0.6) is 0 Å². The lowest BCUT2D eigenvalue weighted by Crippen LogP contribution is -2.57. The van der Waals surface area contributed by atoms with Crippen molar-refractivity contribution in [3.63, 3.8) is 0 Å². The summed E-state index contributed by atoms with van der Waals surface area (Å²) in [5.41, 5.74) is 2.29. The van der Waals surface area contributed by atoms with Gasteiger partial charge in [0.05, 0.1) is 12.1 Å². The van der Waals surface area contributed by atoms with Gasteiger partial charge >= 0.3 is 0 Å². The van der Waals surface area contributed by atoms with E-state index in [0.29, 0.717) is 42.5 Å². The van der Waals surface area contributed by atoms with Crippen molar-refractivity contribution in [1.82, 2.24) is 9.80 Å². The van der Waals surface area contributed by atoms with Crippen LogP contribution < -0.4 is 5.32 Å². The molecule has 2 aliphatic rings. The van der Waals surface area contributed by atoms with Crippen LogP contribution in [0.2, 0.25) is 5.02 Å². The molecule has 2 aromatic carbocycles. The summed E-state index contributed by atoms with van der Waals surface area (Å²) < 4.78 is 19.0. The highest BCUT2D eigenvalue weighted by molar-refractivity contribution is 6.31. The van der Waals surface area contributed by atoms with Crippen LogP contribution in [-0.4, -0.2) is 59.5 Å². The van der Waals surface area contributed by atoms with Crippen LogP contribution in [0, 0.1) is 5.82 Å². The Balaban J connectivity index is 1.46. The Morgan fingerprint density at radius 2 is 1.94 bits per heavy atom. The molecule has 174 valence electrons. The second kappa shape index (κ2) is 10.0. The normalized spacial score (nSPS) is 23.0. The van der Waals surface area contributed by atoms with E-state index < -0.39 is 0 Å². The Bertz CT molecular complexity index is 1060. The number of rotatable bonds is 6. The molecule has 6 nitrogen and oxygen atoms in total. The van der Waals surface area contributed by atoms with Crippen LogP contribution >= 0.6 is 11.6 Å². The molecule has 2 amide bonds. The minimum Gasteiger partial charge on any atom is -0.368 e. The third-order valence-corrected chi connectivity index (χ3v) is 6.21. The van der Waals surface area contributed by atoms with E-state index in [1.165, 1.54) is 25.1 Å². The largest absolute Gasteiger partial charge is 0.368 e. The zero-order valence-corrected chi connectivity index (χ0v) is 19.4. The van der Waals surface area contributed by atoms with E-state index in [9.17, 15) is 14.0 Å². The molecular formula is C25H27ClFN3O3. The summed E-state index contributed by atoms with van der Waals surface area (Å²) >= 11 is 6.05. The molecule has 2 fully saturated rings. The first-order valence-electron chi connectivity index (χ1n) is 11.0. The van der Waals surface area contributed by atoms with Crippen LogP contribution in [-0.2, 0) is 20.9 Å². The zero-order valence-electron chi connectivity index (χ0n) is 18.6. The molecule has 2 unspecified atom stereocenters. The molecule has 2 heterocycles. The van der Waals surface area contributed by atoms with Crippen LogP contribution in [0.1, 0.15) is 25.0 Å². The summed E-state index contributed by atoms with van der Waals surface area (Å²) in [6, 6.07) is 11.6. The van der Waals surface area contributed by atoms with Crippen molar-refractivity contribution in [1.29, 1.82) is 0 Å². The first-order chi connectivity index (χ1) is 15.8. The Hall–Kier alpha value is -2.74. The lowest BCUT2D eigenvalue weighted by atomic mass is 10.0. The van der Waals surface area contributed by atoms with Gasteiger partial charge in [-0.2, -0.15) is 0 Å². The SMILES string of the molecule is CC(=O)Nc1cc(Cl)ccc1/C=C/C(=O)N1CCN(Cc2ccc(F)cc2)C[C@H]1C1OC1C. The number of halogens is 2. The quantitative estimate of drug-likeness (QED) is 0.511. The highest BCUT2D eigenvalue weighted by Gasteiger charge is 2.47. The number of nitrogens with zero attached hydrogens (tertiary/aromatic N) is 2. The Morgan fingerprint density at radius 1 is 1.21 bits per heavy atom. The summed E-state index contributed by atoms with van der Waals surface area (Å²) in [6.07, 6.45) is 3.35. The molecule has 3 atom stereocenters. The van der Waals surface area contributed by atoms with Crippen molar-refractivity contribution in [2.75, 3.05) is 25.0 Å². The van der Waals surface area contributed by atoms with Gasteiger partial charge in [-0.3, -0.25) is 14.5 Å². The summed E-state index contributed by atoms with van der Waals surface area (Å²) in [5, 5.41) is 3.24. The fraction of sp³-hybridized carbons (Fsp3) is 0.360. The number of ether oxygens (including phenoxy) is 1. The monoisotopic (exact) mass is 471 g/mol. The summed E-state index contributed by atoms with van der Waals surface area (Å²) in [7, 11) is 0. The topological polar surface area (TPSA) is 65.2 Å². The molecule has 4 rings (SSSR count). The minimum atomic E-state index is -0.249. The predicted molar refractivity (Wildman–Crippen MR) is 126 cm³/mol. The Labute approximate surface area is 198 Å². The van der Waals surface area contributed by atoms with Crippen LogP contribution in [0.25, 0.3) is 6.08 Å². The lowest BCUT2D eigenvalue weighted by molar-refractivity contribution is -0.131. The van der Waals surface area contributed by atoms with E-state index in [0.717, 1.165) is 5.56 Å². The van der Waals surface area contributed by atoms with Crippen LogP contribution in [0.15, 0.2) is 48.5 Å². The highest BCUT2D eigenvalue weighted by Crippen LogP contribution is 2.31. The fourth-order valence-electron chi connectivity index (χ4n) is 4.25. The van der Waals surface area contributed by atoms with Gasteiger partial charge in [0.1, 0.15) is 11.9 Å². The molecule has 8 heteroatoms. The number of amides is 2. The third-order valence-electron chi connectivity index (χ3n) is 5.97. The van der Waals surface area contributed by atoms with Gasteiger partial charge in [-0.1, -0.05) is 29.8 Å². The molecule has 2 aliphatic heterocycles. The maximum atomic E-state index is 13.2. The molecule has 0 aromatic heterocycles. The number of benzene rings is 2. The predicted octanol–water partition coefficient (Wildman–Crippen LogP) is 3.95. The number of hydrogen-bond donors (Lipinski definition) is 1. The molecule has 0 radical (unpaired) electrons. The van der Waals surface area contributed by atoms with Gasteiger partial charge in [0, 0.05) is 49.9 Å². The third kappa shape index (κ3) is 5.99. The van der Waals surface area contributed by atoms with Crippen molar-refractivity contribution in [2.24, 2.45) is 0 Å². The van der Waals surface area contributed by atoms with E-state index in [1.54, 1.807) is 36.4 Å². The van der Waals surface area contributed by atoms with Gasteiger partial charge in [-0.25, -0.2) is 4.39 Å². The lowest BCUT2D eigenvalue weighted by Gasteiger charge is -2.40. The van der Waals surface area contributed by atoms with Crippen molar-refractivity contribution < 1.29 is 18.7 Å². The molecule has 0 bridgehead atoms. The number of carbonyl (C=O) groups is 2. The maximum absolute atomic E-state index is 13.2. The maximum Gasteiger partial charge on any atom is 0.247 e. The van der Waals surface area contributed by atoms with Crippen molar-refractivity contribution in [3.8, 4) is 0 Å². The molecular weight excluding hydrogens is 445 g/mol. The number of epoxide rings is 1. The first kappa shape index (κ1) is 23.4. The molecule has 2 aromatic rings. The average Bonchev–Trinajstić information content (AvgIpc) is 3.50. The first-order valence-corrected chi connectivity index (χ1v) is 11.4. The highest BCUT2D eigenvalue weighted by atomic mass is 35.5. The van der Waals surface area contributed by atoms with Crippen molar-refractivity contribution in [3.05, 3.63) is 70.5 Å². The minimum absolute atomic E-state index is 0.00356. The van der Waals surface area contributed by atoms with E-state index in [1.807, 2.05) is 11.8 Å². The molecule has 33 heavy (non-hydrogen) atoms. The number of hydrogen-bond acceptors (Lipinski definition) is 4.